The van der Waals surface area contributed by atoms with E-state index in [9.17, 15) is 40.3 Å². The first-order valence-electron chi connectivity index (χ1n) is 13.6. The van der Waals surface area contributed by atoms with Crippen molar-refractivity contribution in [1.29, 1.82) is 0 Å². The number of urea groups is 1. The lowest BCUT2D eigenvalue weighted by Gasteiger charge is -2.45. The maximum Gasteiger partial charge on any atom is 0.416 e. The van der Waals surface area contributed by atoms with Gasteiger partial charge in [-0.05, 0) is 79.8 Å². The molecule has 238 valence electrons. The molecule has 0 radical (unpaired) electrons. The van der Waals surface area contributed by atoms with Crippen molar-refractivity contribution in [2.24, 2.45) is 11.7 Å². The van der Waals surface area contributed by atoms with Gasteiger partial charge in [-0.2, -0.15) is 26.3 Å². The van der Waals surface area contributed by atoms with Gasteiger partial charge in [-0.3, -0.25) is 9.69 Å². The van der Waals surface area contributed by atoms with Gasteiger partial charge in [-0.15, -0.1) is 12.4 Å². The van der Waals surface area contributed by atoms with Crippen LogP contribution in [-0.2, 0) is 23.7 Å². The van der Waals surface area contributed by atoms with Crippen molar-refractivity contribution >= 4 is 24.3 Å². The van der Waals surface area contributed by atoms with Crippen molar-refractivity contribution in [3.05, 3.63) is 70.0 Å². The van der Waals surface area contributed by atoms with Crippen LogP contribution in [0.4, 0.5) is 35.5 Å². The number of rotatable bonds is 5. The van der Waals surface area contributed by atoms with Gasteiger partial charge in [0, 0.05) is 51.1 Å². The zero-order valence-electron chi connectivity index (χ0n) is 23.6. The number of likely N-dealkylation sites (tertiary alicyclic amines) is 2. The molecule has 2 aliphatic heterocycles. The fraction of sp³-hybridized carbons (Fsp3) is 0.517. The quantitative estimate of drug-likeness (QED) is 0.397. The highest BCUT2D eigenvalue weighted by Crippen LogP contribution is 2.39. The average Bonchev–Trinajstić information content (AvgIpc) is 2.91. The molecule has 2 aromatic rings. The Morgan fingerprint density at radius 1 is 0.930 bits per heavy atom. The van der Waals surface area contributed by atoms with E-state index in [4.69, 9.17) is 5.73 Å². The van der Waals surface area contributed by atoms with E-state index in [0.717, 1.165) is 10.5 Å². The zero-order chi connectivity index (χ0) is 31.0. The fourth-order valence-corrected chi connectivity index (χ4v) is 6.17. The number of nitrogens with zero attached hydrogens (tertiary/aromatic N) is 3. The molecule has 43 heavy (non-hydrogen) atoms. The number of benzene rings is 2. The second-order valence-corrected chi connectivity index (χ2v) is 11.2. The summed E-state index contributed by atoms with van der Waals surface area (Å²) in [6, 6.07) is 5.25. The van der Waals surface area contributed by atoms with Gasteiger partial charge in [0.15, 0.2) is 0 Å². The van der Waals surface area contributed by atoms with Crippen LogP contribution in [0.5, 0.6) is 0 Å². The number of carbonyl (C=O) groups excluding carboxylic acids is 2. The number of carbonyl (C=O) groups is 2. The molecule has 2 saturated heterocycles. The van der Waals surface area contributed by atoms with Crippen LogP contribution in [0, 0.1) is 18.7 Å². The summed E-state index contributed by atoms with van der Waals surface area (Å²) in [4.78, 5) is 30.3. The van der Waals surface area contributed by atoms with Crippen molar-refractivity contribution in [2.45, 2.75) is 57.0 Å². The van der Waals surface area contributed by atoms with Gasteiger partial charge in [-0.1, -0.05) is 6.07 Å². The Balaban J connectivity index is 0.00000506. The van der Waals surface area contributed by atoms with Gasteiger partial charge in [0.05, 0.1) is 11.1 Å². The summed E-state index contributed by atoms with van der Waals surface area (Å²) in [6.07, 6.45) is -8.23. The van der Waals surface area contributed by atoms with Crippen LogP contribution in [0.15, 0.2) is 36.4 Å². The van der Waals surface area contributed by atoms with Crippen LogP contribution in [-0.4, -0.2) is 65.9 Å². The maximum absolute atomic E-state index is 14.0. The Hall–Kier alpha value is -3.06. The lowest BCUT2D eigenvalue weighted by atomic mass is 9.77. The molecule has 0 spiro atoms. The van der Waals surface area contributed by atoms with Crippen LogP contribution < -0.4 is 5.73 Å². The van der Waals surface area contributed by atoms with Crippen molar-refractivity contribution < 1.29 is 40.3 Å². The van der Waals surface area contributed by atoms with Crippen LogP contribution in [0.3, 0.4) is 0 Å². The highest BCUT2D eigenvalue weighted by atomic mass is 35.5. The Labute approximate surface area is 251 Å². The number of hydrogen-bond acceptors (Lipinski definition) is 3. The predicted octanol–water partition coefficient (Wildman–Crippen LogP) is 6.20. The molecule has 0 aromatic heterocycles. The molecule has 3 amide bonds. The SMILES string of the molecule is Cc1cc(F)ccc1C1CN(C2CCN(C(N)=O)CC2)CCC1C(=O)N(C)Cc1cc(C(F)(F)F)cc(C(F)(F)F)c1.Cl. The second kappa shape index (κ2) is 13.3. The van der Waals surface area contributed by atoms with Gasteiger partial charge in [0.2, 0.25) is 5.91 Å². The fourth-order valence-electron chi connectivity index (χ4n) is 6.17. The lowest BCUT2D eigenvalue weighted by Crippen LogP contribution is -2.53. The monoisotopic (exact) mass is 638 g/mol. The Morgan fingerprint density at radius 3 is 2.02 bits per heavy atom. The number of aryl methyl sites for hydroxylation is 1. The van der Waals surface area contributed by atoms with E-state index in [2.05, 4.69) is 4.90 Å². The third kappa shape index (κ3) is 8.11. The topological polar surface area (TPSA) is 69.9 Å². The molecule has 2 N–H and O–H groups in total. The summed E-state index contributed by atoms with van der Waals surface area (Å²) < 4.78 is 94.2. The molecule has 2 aromatic carbocycles. The second-order valence-electron chi connectivity index (χ2n) is 11.2. The van der Waals surface area contributed by atoms with Crippen molar-refractivity contribution in [1.82, 2.24) is 14.7 Å². The van der Waals surface area contributed by atoms with Gasteiger partial charge < -0.3 is 15.5 Å². The standard InChI is InChI=1S/C29H33F7N4O2.ClH/c1-17-11-21(30)3-4-23(17)25-16-40(22-5-8-39(9-6-22)27(37)42)10-7-24(25)26(41)38(2)15-18-12-19(28(31,32)33)14-20(13-18)29(34,35)36;/h3-4,11-14,22,24-25H,5-10,15-16H2,1-2H3,(H2,37,42);1H. The normalized spacial score (nSPS) is 20.4. The van der Waals surface area contributed by atoms with E-state index in [1.165, 1.54) is 19.2 Å². The molecule has 14 heteroatoms. The smallest absolute Gasteiger partial charge is 0.351 e. The van der Waals surface area contributed by atoms with E-state index in [-0.39, 0.29) is 30.1 Å². The minimum Gasteiger partial charge on any atom is -0.351 e. The number of alkyl halides is 6. The van der Waals surface area contributed by atoms with Gasteiger partial charge in [0.25, 0.3) is 0 Å². The molecule has 2 aliphatic rings. The number of nitrogens with two attached hydrogens (primary N) is 1. The van der Waals surface area contributed by atoms with E-state index in [1.54, 1.807) is 17.9 Å². The number of amides is 3. The Bertz CT molecular complexity index is 1280. The minimum atomic E-state index is -5.00. The summed E-state index contributed by atoms with van der Waals surface area (Å²) in [5.41, 5.74) is 3.62. The molecule has 2 heterocycles. The van der Waals surface area contributed by atoms with E-state index in [0.29, 0.717) is 63.1 Å². The third-order valence-corrected chi connectivity index (χ3v) is 8.33. The van der Waals surface area contributed by atoms with Crippen LogP contribution in [0.2, 0.25) is 0 Å². The van der Waals surface area contributed by atoms with Gasteiger partial charge in [0.1, 0.15) is 5.82 Å². The molecule has 4 rings (SSSR count). The Morgan fingerprint density at radius 2 is 1.51 bits per heavy atom. The largest absolute Gasteiger partial charge is 0.416 e. The molecule has 6 nitrogen and oxygen atoms in total. The van der Waals surface area contributed by atoms with E-state index in [1.807, 2.05) is 0 Å². The van der Waals surface area contributed by atoms with Crippen molar-refractivity contribution in [3.63, 3.8) is 0 Å². The molecular formula is C29H34ClF7N4O2. The number of halogens is 8. The number of piperidine rings is 2. The Kier molecular flexibility index (Phi) is 10.6. The first-order chi connectivity index (χ1) is 19.5. The molecule has 0 saturated carbocycles. The van der Waals surface area contributed by atoms with Crippen molar-refractivity contribution in [2.75, 3.05) is 33.2 Å². The third-order valence-electron chi connectivity index (χ3n) is 8.33. The van der Waals surface area contributed by atoms with Gasteiger partial charge in [-0.25, -0.2) is 9.18 Å². The van der Waals surface area contributed by atoms with E-state index >= 15 is 0 Å². The predicted molar refractivity (Wildman–Crippen MR) is 148 cm³/mol. The number of primary amides is 1. The lowest BCUT2D eigenvalue weighted by molar-refractivity contribution is -0.143. The summed E-state index contributed by atoms with van der Waals surface area (Å²) in [5, 5.41) is 0. The molecule has 0 aliphatic carbocycles. The highest BCUT2D eigenvalue weighted by Gasteiger charge is 2.41. The summed E-state index contributed by atoms with van der Waals surface area (Å²) in [5.74, 6) is -1.88. The first kappa shape index (κ1) is 34.4. The van der Waals surface area contributed by atoms with Gasteiger partial charge >= 0.3 is 18.4 Å². The zero-order valence-corrected chi connectivity index (χ0v) is 24.5. The summed E-state index contributed by atoms with van der Waals surface area (Å²) >= 11 is 0. The molecule has 0 bridgehead atoms. The number of hydrogen-bond donors (Lipinski definition) is 1. The summed E-state index contributed by atoms with van der Waals surface area (Å²) in [6.45, 7) is 3.25. The maximum atomic E-state index is 14.0. The average molecular weight is 639 g/mol. The van der Waals surface area contributed by atoms with E-state index < -0.39 is 59.6 Å². The molecule has 2 atom stereocenters. The highest BCUT2D eigenvalue weighted by molar-refractivity contribution is 5.85. The molecule has 2 fully saturated rings. The molecule has 2 unspecified atom stereocenters. The van der Waals surface area contributed by atoms with Crippen LogP contribution >= 0.6 is 12.4 Å². The van der Waals surface area contributed by atoms with Crippen LogP contribution in [0.25, 0.3) is 0 Å². The molecular weight excluding hydrogens is 605 g/mol. The minimum absolute atomic E-state index is 0. The first-order valence-corrected chi connectivity index (χ1v) is 13.6. The summed E-state index contributed by atoms with van der Waals surface area (Å²) in [7, 11) is 1.36. The van der Waals surface area contributed by atoms with Crippen molar-refractivity contribution in [3.8, 4) is 0 Å². The van der Waals surface area contributed by atoms with Crippen LogP contribution in [0.1, 0.15) is 53.0 Å².